The second kappa shape index (κ2) is 4.78. The van der Waals surface area contributed by atoms with E-state index in [1.54, 1.807) is 26.0 Å². The molecule has 2 aromatic rings. The van der Waals surface area contributed by atoms with E-state index < -0.39 is 17.8 Å². The zero-order chi connectivity index (χ0) is 13.3. The normalized spacial score (nSPS) is 12.7. The molecule has 0 aliphatic heterocycles. The Balaban J connectivity index is 2.37. The molecule has 4 nitrogen and oxygen atoms in total. The number of furan rings is 1. The minimum absolute atomic E-state index is 0.0794. The van der Waals surface area contributed by atoms with Gasteiger partial charge in [0.25, 0.3) is 5.91 Å². The van der Waals surface area contributed by atoms with Crippen molar-refractivity contribution in [3.63, 3.8) is 0 Å². The molecule has 1 aromatic heterocycles. The van der Waals surface area contributed by atoms with E-state index in [0.717, 1.165) is 0 Å². The van der Waals surface area contributed by atoms with Gasteiger partial charge in [-0.2, -0.15) is 0 Å². The van der Waals surface area contributed by atoms with E-state index in [0.29, 0.717) is 10.9 Å². The summed E-state index contributed by atoms with van der Waals surface area (Å²) in [4.78, 5) is 11.8. The Hall–Kier alpha value is -1.88. The van der Waals surface area contributed by atoms with Crippen LogP contribution in [0.25, 0.3) is 11.0 Å². The second-order valence-electron chi connectivity index (χ2n) is 4.23. The average molecular weight is 251 g/mol. The molecule has 96 valence electrons. The van der Waals surface area contributed by atoms with E-state index in [2.05, 4.69) is 5.32 Å². The van der Waals surface area contributed by atoms with Gasteiger partial charge >= 0.3 is 0 Å². The lowest BCUT2D eigenvalue weighted by atomic mass is 10.1. The summed E-state index contributed by atoms with van der Waals surface area (Å²) in [5.74, 6) is -0.870. The monoisotopic (exact) mass is 251 g/mol. The molecule has 0 spiro atoms. The van der Waals surface area contributed by atoms with E-state index in [4.69, 9.17) is 9.52 Å². The summed E-state index contributed by atoms with van der Waals surface area (Å²) >= 11 is 0. The molecule has 0 fully saturated rings. The van der Waals surface area contributed by atoms with Gasteiger partial charge in [-0.1, -0.05) is 12.1 Å². The van der Waals surface area contributed by atoms with E-state index in [9.17, 15) is 9.18 Å². The van der Waals surface area contributed by atoms with Crippen LogP contribution in [0, 0.1) is 12.7 Å². The largest absolute Gasteiger partial charge is 0.448 e. The Bertz CT molecular complexity index is 589. The van der Waals surface area contributed by atoms with Crippen molar-refractivity contribution in [1.82, 2.24) is 5.32 Å². The van der Waals surface area contributed by atoms with Crippen LogP contribution in [0.1, 0.15) is 23.0 Å². The van der Waals surface area contributed by atoms with Gasteiger partial charge in [-0.3, -0.25) is 4.79 Å². The number of halogens is 1. The van der Waals surface area contributed by atoms with Crippen molar-refractivity contribution < 1.29 is 18.7 Å². The number of aliphatic hydroxyl groups excluding tert-OH is 1. The van der Waals surface area contributed by atoms with Crippen LogP contribution in [-0.2, 0) is 0 Å². The number of aryl methyl sites for hydroxylation is 1. The first kappa shape index (κ1) is 12.6. The second-order valence-corrected chi connectivity index (χ2v) is 4.23. The van der Waals surface area contributed by atoms with Crippen molar-refractivity contribution in [1.29, 1.82) is 0 Å². The van der Waals surface area contributed by atoms with Crippen molar-refractivity contribution >= 4 is 16.9 Å². The third-order valence-corrected chi connectivity index (χ3v) is 2.68. The molecule has 1 aromatic carbocycles. The highest BCUT2D eigenvalue weighted by molar-refractivity contribution is 5.98. The highest BCUT2D eigenvalue weighted by atomic mass is 19.1. The van der Waals surface area contributed by atoms with Gasteiger partial charge in [0.2, 0.25) is 0 Å². The Labute approximate surface area is 103 Å². The average Bonchev–Trinajstić information content (AvgIpc) is 2.66. The number of fused-ring (bicyclic) bond motifs is 1. The van der Waals surface area contributed by atoms with E-state index in [-0.39, 0.29) is 17.9 Å². The Morgan fingerprint density at radius 3 is 2.89 bits per heavy atom. The van der Waals surface area contributed by atoms with Crippen molar-refractivity contribution in [3.8, 4) is 0 Å². The van der Waals surface area contributed by atoms with Gasteiger partial charge in [0.15, 0.2) is 17.2 Å². The number of aliphatic hydroxyl groups is 1. The molecular weight excluding hydrogens is 237 g/mol. The van der Waals surface area contributed by atoms with Crippen LogP contribution in [-0.4, -0.2) is 23.7 Å². The minimum atomic E-state index is -0.643. The maximum Gasteiger partial charge on any atom is 0.287 e. The summed E-state index contributed by atoms with van der Waals surface area (Å²) in [5.41, 5.74) is 0.671. The van der Waals surface area contributed by atoms with Gasteiger partial charge in [-0.05, 0) is 19.9 Å². The molecule has 0 bridgehead atoms. The number of hydrogen-bond donors (Lipinski definition) is 2. The summed E-state index contributed by atoms with van der Waals surface area (Å²) in [6.45, 7) is 3.38. The first-order valence-electron chi connectivity index (χ1n) is 5.64. The van der Waals surface area contributed by atoms with Gasteiger partial charge < -0.3 is 14.8 Å². The highest BCUT2D eigenvalue weighted by Gasteiger charge is 2.19. The van der Waals surface area contributed by atoms with Crippen LogP contribution >= 0.6 is 0 Å². The van der Waals surface area contributed by atoms with Gasteiger partial charge in [0.1, 0.15) is 0 Å². The molecule has 1 heterocycles. The van der Waals surface area contributed by atoms with E-state index in [1.807, 2.05) is 0 Å². The first-order chi connectivity index (χ1) is 8.50. The molecule has 1 atom stereocenters. The fourth-order valence-corrected chi connectivity index (χ4v) is 1.75. The fourth-order valence-electron chi connectivity index (χ4n) is 1.75. The molecule has 0 saturated carbocycles. The Morgan fingerprint density at radius 2 is 2.28 bits per heavy atom. The number of rotatable bonds is 3. The van der Waals surface area contributed by atoms with E-state index >= 15 is 0 Å². The van der Waals surface area contributed by atoms with Crippen LogP contribution in [0.2, 0.25) is 0 Å². The standard InChI is InChI=1S/C13H14FNO3/c1-7(16)6-15-13(17)11-8(2)9-4-3-5-10(14)12(9)18-11/h3-5,7,16H,6H2,1-2H3,(H,15,17)/t7-/m1/s1. The summed E-state index contributed by atoms with van der Waals surface area (Å²) in [7, 11) is 0. The molecule has 0 aliphatic carbocycles. The third kappa shape index (κ3) is 2.22. The van der Waals surface area contributed by atoms with Crippen LogP contribution in [0.15, 0.2) is 22.6 Å². The molecule has 1 amide bonds. The number of hydrogen-bond acceptors (Lipinski definition) is 3. The predicted octanol–water partition coefficient (Wildman–Crippen LogP) is 1.99. The predicted molar refractivity (Wildman–Crippen MR) is 64.9 cm³/mol. The number of amides is 1. The zero-order valence-electron chi connectivity index (χ0n) is 10.2. The lowest BCUT2D eigenvalue weighted by molar-refractivity contribution is 0.0897. The molecule has 0 radical (unpaired) electrons. The van der Waals surface area contributed by atoms with Crippen molar-refractivity contribution in [2.75, 3.05) is 6.54 Å². The number of carbonyl (C=O) groups is 1. The number of carbonyl (C=O) groups excluding carboxylic acids is 1. The molecule has 18 heavy (non-hydrogen) atoms. The van der Waals surface area contributed by atoms with Crippen LogP contribution < -0.4 is 5.32 Å². The minimum Gasteiger partial charge on any atom is -0.448 e. The number of para-hydroxylation sites is 1. The SMILES string of the molecule is Cc1c(C(=O)NC[C@@H](C)O)oc2c(F)cccc12. The Morgan fingerprint density at radius 1 is 1.56 bits per heavy atom. The summed E-state index contributed by atoms with van der Waals surface area (Å²) < 4.78 is 18.7. The van der Waals surface area contributed by atoms with Crippen LogP contribution in [0.4, 0.5) is 4.39 Å². The van der Waals surface area contributed by atoms with Crippen molar-refractivity contribution in [2.45, 2.75) is 20.0 Å². The van der Waals surface area contributed by atoms with Crippen molar-refractivity contribution in [3.05, 3.63) is 35.3 Å². The first-order valence-corrected chi connectivity index (χ1v) is 5.64. The molecule has 5 heteroatoms. The molecule has 0 unspecified atom stereocenters. The van der Waals surface area contributed by atoms with Gasteiger partial charge in [-0.15, -0.1) is 0 Å². The molecule has 2 rings (SSSR count). The van der Waals surface area contributed by atoms with Gasteiger partial charge in [0.05, 0.1) is 6.10 Å². The Kier molecular flexibility index (Phi) is 3.34. The maximum absolute atomic E-state index is 13.5. The highest BCUT2D eigenvalue weighted by Crippen LogP contribution is 2.27. The third-order valence-electron chi connectivity index (χ3n) is 2.68. The van der Waals surface area contributed by atoms with Crippen molar-refractivity contribution in [2.24, 2.45) is 0 Å². The maximum atomic E-state index is 13.5. The molecule has 0 aliphatic rings. The smallest absolute Gasteiger partial charge is 0.287 e. The molecular formula is C13H14FNO3. The lowest BCUT2D eigenvalue weighted by Crippen LogP contribution is -2.30. The number of nitrogens with one attached hydrogen (secondary N) is 1. The summed E-state index contributed by atoms with van der Waals surface area (Å²) in [6.07, 6.45) is -0.643. The molecule has 2 N–H and O–H groups in total. The zero-order valence-corrected chi connectivity index (χ0v) is 10.2. The topological polar surface area (TPSA) is 62.5 Å². The van der Waals surface area contributed by atoms with Crippen LogP contribution in [0.3, 0.4) is 0 Å². The summed E-state index contributed by atoms with van der Waals surface area (Å²) in [5, 5.41) is 12.2. The number of benzene rings is 1. The van der Waals surface area contributed by atoms with Gasteiger partial charge in [-0.25, -0.2) is 4.39 Å². The lowest BCUT2D eigenvalue weighted by Gasteiger charge is -2.05. The fraction of sp³-hybridized carbons (Fsp3) is 0.308. The quantitative estimate of drug-likeness (QED) is 0.876. The molecule has 0 saturated heterocycles. The van der Waals surface area contributed by atoms with Gasteiger partial charge in [0, 0.05) is 17.5 Å². The van der Waals surface area contributed by atoms with Crippen LogP contribution in [0.5, 0.6) is 0 Å². The summed E-state index contributed by atoms with van der Waals surface area (Å²) in [6, 6.07) is 4.54. The van der Waals surface area contributed by atoms with E-state index in [1.165, 1.54) is 6.07 Å².